The van der Waals surface area contributed by atoms with Gasteiger partial charge in [-0.2, -0.15) is 0 Å². The largest absolute Gasteiger partial charge is 0.460 e. The molecule has 0 spiro atoms. The van der Waals surface area contributed by atoms with Crippen molar-refractivity contribution in [3.63, 3.8) is 0 Å². The second-order valence-corrected chi connectivity index (χ2v) is 7.66. The van der Waals surface area contributed by atoms with Crippen molar-refractivity contribution in [2.45, 2.75) is 43.6 Å². The van der Waals surface area contributed by atoms with Gasteiger partial charge >= 0.3 is 5.97 Å². The summed E-state index contributed by atoms with van der Waals surface area (Å²) in [6, 6.07) is 9.81. The summed E-state index contributed by atoms with van der Waals surface area (Å²) >= 11 is 0. The average molecular weight is 342 g/mol. The molecule has 1 N–H and O–H groups in total. The van der Waals surface area contributed by atoms with Gasteiger partial charge in [0.05, 0.1) is 0 Å². The molecule has 2 atom stereocenters. The van der Waals surface area contributed by atoms with Crippen LogP contribution in [0.3, 0.4) is 0 Å². The molecule has 0 saturated carbocycles. The van der Waals surface area contributed by atoms with Crippen LogP contribution in [0.4, 0.5) is 0 Å². The van der Waals surface area contributed by atoms with E-state index in [2.05, 4.69) is 10.2 Å². The van der Waals surface area contributed by atoms with Crippen LogP contribution in [0.2, 0.25) is 0 Å². The third-order valence-electron chi connectivity index (χ3n) is 6.17. The van der Waals surface area contributed by atoms with Gasteiger partial charge in [0.1, 0.15) is 11.5 Å². The summed E-state index contributed by atoms with van der Waals surface area (Å²) in [5.41, 5.74) is 0.183. The molecule has 5 heteroatoms. The summed E-state index contributed by atoms with van der Waals surface area (Å²) in [5.74, 6) is 0.343. The van der Waals surface area contributed by atoms with Gasteiger partial charge in [0.25, 0.3) is 0 Å². The molecule has 1 aromatic rings. The first-order valence-corrected chi connectivity index (χ1v) is 9.43. The number of carbonyl (C=O) groups is 2. The van der Waals surface area contributed by atoms with E-state index in [1.807, 2.05) is 30.3 Å². The molecular formula is C20H26N2O3. The van der Waals surface area contributed by atoms with Gasteiger partial charge < -0.3 is 10.1 Å². The number of amides is 1. The molecule has 4 aliphatic heterocycles. The molecule has 5 rings (SSSR count). The number of nitrogens with one attached hydrogen (secondary N) is 1. The van der Waals surface area contributed by atoms with Gasteiger partial charge in [0.2, 0.25) is 5.91 Å². The maximum atomic E-state index is 13.3. The summed E-state index contributed by atoms with van der Waals surface area (Å²) in [6.45, 7) is 3.43. The van der Waals surface area contributed by atoms with Crippen molar-refractivity contribution in [3.8, 4) is 0 Å². The number of fused-ring (bicyclic) bond motifs is 3. The van der Waals surface area contributed by atoms with Crippen molar-refractivity contribution < 1.29 is 14.3 Å². The molecule has 25 heavy (non-hydrogen) atoms. The van der Waals surface area contributed by atoms with Crippen LogP contribution in [0, 0.1) is 5.92 Å². The van der Waals surface area contributed by atoms with Crippen molar-refractivity contribution >= 4 is 11.9 Å². The molecule has 0 radical (unpaired) electrons. The highest BCUT2D eigenvalue weighted by molar-refractivity contribution is 5.86. The molecule has 0 unspecified atom stereocenters. The van der Waals surface area contributed by atoms with E-state index in [0.717, 1.165) is 38.0 Å². The van der Waals surface area contributed by atoms with E-state index in [4.69, 9.17) is 4.74 Å². The minimum atomic E-state index is -0.764. The predicted molar refractivity (Wildman–Crippen MR) is 94.0 cm³/mol. The highest BCUT2D eigenvalue weighted by Gasteiger charge is 2.46. The van der Waals surface area contributed by atoms with Crippen LogP contribution in [0.1, 0.15) is 37.7 Å². The normalized spacial score (nSPS) is 34.9. The lowest BCUT2D eigenvalue weighted by atomic mass is 9.76. The van der Waals surface area contributed by atoms with Gasteiger partial charge in [-0.3, -0.25) is 14.5 Å². The average Bonchev–Trinajstić information content (AvgIpc) is 2.86. The Morgan fingerprint density at radius 2 is 1.96 bits per heavy atom. The van der Waals surface area contributed by atoms with E-state index in [9.17, 15) is 9.59 Å². The van der Waals surface area contributed by atoms with E-state index < -0.39 is 5.41 Å². The lowest BCUT2D eigenvalue weighted by Crippen LogP contribution is -2.54. The van der Waals surface area contributed by atoms with Crippen molar-refractivity contribution in [3.05, 3.63) is 35.9 Å². The highest BCUT2D eigenvalue weighted by atomic mass is 16.5. The number of rotatable bonds is 3. The summed E-state index contributed by atoms with van der Waals surface area (Å²) in [5, 5.41) is 2.94. The van der Waals surface area contributed by atoms with Crippen LogP contribution >= 0.6 is 0 Å². The van der Waals surface area contributed by atoms with E-state index in [1.54, 1.807) is 0 Å². The molecule has 4 heterocycles. The lowest BCUT2D eigenvalue weighted by Gasteiger charge is -2.45. The van der Waals surface area contributed by atoms with Crippen molar-refractivity contribution in [1.29, 1.82) is 0 Å². The van der Waals surface area contributed by atoms with Crippen LogP contribution < -0.4 is 5.32 Å². The Bertz CT molecular complexity index is 640. The Kier molecular flexibility index (Phi) is 4.50. The fraction of sp³-hybridized carbons (Fsp3) is 0.600. The zero-order valence-electron chi connectivity index (χ0n) is 14.6. The zero-order chi connectivity index (χ0) is 17.3. The summed E-state index contributed by atoms with van der Waals surface area (Å²) < 4.78 is 6.08. The number of hydrogen-bond acceptors (Lipinski definition) is 4. The molecule has 0 aliphatic carbocycles. The van der Waals surface area contributed by atoms with Crippen molar-refractivity contribution in [1.82, 2.24) is 10.2 Å². The van der Waals surface area contributed by atoms with E-state index in [1.165, 1.54) is 0 Å². The number of piperidine rings is 3. The Morgan fingerprint density at radius 1 is 1.20 bits per heavy atom. The maximum absolute atomic E-state index is 13.3. The van der Waals surface area contributed by atoms with Gasteiger partial charge in [-0.25, -0.2) is 0 Å². The first-order valence-electron chi connectivity index (χ1n) is 9.43. The first kappa shape index (κ1) is 16.6. The van der Waals surface area contributed by atoms with Crippen LogP contribution in [0.5, 0.6) is 0 Å². The quantitative estimate of drug-likeness (QED) is 0.852. The second-order valence-electron chi connectivity index (χ2n) is 7.66. The standard InChI is InChI=1S/C20H26N2O3/c23-18-7-4-10-20(14-21-18,16-5-2-1-3-6-16)19(24)25-17-13-22-11-8-15(17)9-12-22/h1-3,5-6,15,17H,4,7-14H2,(H,21,23)/t17-,20+/m1/s1. The van der Waals surface area contributed by atoms with Crippen LogP contribution in [0.15, 0.2) is 30.3 Å². The number of ether oxygens (including phenoxy) is 1. The molecule has 1 amide bonds. The minimum absolute atomic E-state index is 0.00505. The fourth-order valence-electron chi connectivity index (χ4n) is 4.57. The molecule has 1 aromatic carbocycles. The Morgan fingerprint density at radius 3 is 2.64 bits per heavy atom. The molecule has 5 nitrogen and oxygen atoms in total. The highest BCUT2D eigenvalue weighted by Crippen LogP contribution is 2.36. The summed E-state index contributed by atoms with van der Waals surface area (Å²) in [7, 11) is 0. The predicted octanol–water partition coefficient (Wildman–Crippen LogP) is 1.86. The van der Waals surface area contributed by atoms with E-state index >= 15 is 0 Å². The van der Waals surface area contributed by atoms with Gasteiger partial charge in [0, 0.05) is 19.5 Å². The van der Waals surface area contributed by atoms with E-state index in [0.29, 0.717) is 31.7 Å². The molecule has 0 aromatic heterocycles. The topological polar surface area (TPSA) is 58.6 Å². The number of carbonyl (C=O) groups excluding carboxylic acids is 2. The summed E-state index contributed by atoms with van der Waals surface area (Å²) in [6.07, 6.45) is 4.06. The molecule has 4 fully saturated rings. The minimum Gasteiger partial charge on any atom is -0.460 e. The molecule has 134 valence electrons. The molecule has 2 bridgehead atoms. The Hall–Kier alpha value is -1.88. The van der Waals surface area contributed by atoms with E-state index in [-0.39, 0.29) is 18.0 Å². The molecule has 4 saturated heterocycles. The van der Waals surface area contributed by atoms with Crippen molar-refractivity contribution in [2.24, 2.45) is 5.92 Å². The number of esters is 1. The van der Waals surface area contributed by atoms with Crippen LogP contribution in [-0.4, -0.2) is 49.1 Å². The van der Waals surface area contributed by atoms with Gasteiger partial charge in [-0.1, -0.05) is 30.3 Å². The molecule has 4 aliphatic rings. The zero-order valence-corrected chi connectivity index (χ0v) is 14.6. The van der Waals surface area contributed by atoms with Gasteiger partial charge in [-0.05, 0) is 50.3 Å². The lowest BCUT2D eigenvalue weighted by molar-refractivity contribution is -0.166. The Labute approximate surface area is 148 Å². The smallest absolute Gasteiger partial charge is 0.318 e. The third-order valence-corrected chi connectivity index (χ3v) is 6.17. The van der Waals surface area contributed by atoms with Crippen molar-refractivity contribution in [2.75, 3.05) is 26.2 Å². The number of benzene rings is 1. The number of hydrogen-bond donors (Lipinski definition) is 1. The van der Waals surface area contributed by atoms with Crippen LogP contribution in [0.25, 0.3) is 0 Å². The molecular weight excluding hydrogens is 316 g/mol. The summed E-state index contributed by atoms with van der Waals surface area (Å²) in [4.78, 5) is 27.6. The third kappa shape index (κ3) is 3.17. The van der Waals surface area contributed by atoms with Gasteiger partial charge in [-0.15, -0.1) is 0 Å². The van der Waals surface area contributed by atoms with Gasteiger partial charge in [0.15, 0.2) is 0 Å². The number of nitrogens with zero attached hydrogens (tertiary/aromatic N) is 1. The maximum Gasteiger partial charge on any atom is 0.318 e. The second kappa shape index (κ2) is 6.79. The SMILES string of the molecule is O=C1CCC[C@@](C(=O)O[C@@H]2CN3CCC2CC3)(c2ccccc2)CN1. The fourth-order valence-corrected chi connectivity index (χ4v) is 4.57. The monoisotopic (exact) mass is 342 g/mol. The Balaban J connectivity index is 1.59. The van der Waals surface area contributed by atoms with Crippen LogP contribution in [-0.2, 0) is 19.7 Å². The first-order chi connectivity index (χ1) is 12.2.